The van der Waals surface area contributed by atoms with Gasteiger partial charge in [-0.1, -0.05) is 0 Å². The Morgan fingerprint density at radius 3 is 3.00 bits per heavy atom. The van der Waals surface area contributed by atoms with Crippen molar-refractivity contribution in [2.75, 3.05) is 24.5 Å². The van der Waals surface area contributed by atoms with E-state index in [-0.39, 0.29) is 0 Å². The number of piperidine rings is 1. The fraction of sp³-hybridized carbons (Fsp3) is 0.667. The van der Waals surface area contributed by atoms with E-state index in [1.54, 1.807) is 0 Å². The minimum atomic E-state index is 0.778. The second kappa shape index (κ2) is 5.80. The first-order valence-electron chi connectivity index (χ1n) is 7.33. The minimum absolute atomic E-state index is 0.778. The van der Waals surface area contributed by atoms with Gasteiger partial charge in [-0.3, -0.25) is 0 Å². The lowest BCUT2D eigenvalue weighted by Gasteiger charge is -2.34. The van der Waals surface area contributed by atoms with Crippen molar-refractivity contribution < 1.29 is 0 Å². The Labute approximate surface area is 123 Å². The highest BCUT2D eigenvalue weighted by Gasteiger charge is 2.25. The van der Waals surface area contributed by atoms with Gasteiger partial charge in [0, 0.05) is 29.8 Å². The number of pyridine rings is 1. The molecule has 0 bridgehead atoms. The molecule has 1 aromatic rings. The summed E-state index contributed by atoms with van der Waals surface area (Å²) < 4.78 is 1.10. The molecule has 3 rings (SSSR count). The molecule has 2 fully saturated rings. The molecule has 1 saturated heterocycles. The first-order chi connectivity index (χ1) is 9.22. The molecule has 1 aliphatic carbocycles. The summed E-state index contributed by atoms with van der Waals surface area (Å²) in [6.45, 7) is 5.60. The van der Waals surface area contributed by atoms with Gasteiger partial charge in [0.2, 0.25) is 0 Å². The fourth-order valence-corrected chi connectivity index (χ4v) is 2.97. The van der Waals surface area contributed by atoms with Crippen LogP contribution in [-0.4, -0.2) is 30.7 Å². The lowest BCUT2D eigenvalue weighted by molar-refractivity contribution is 0.389. The molecule has 0 aromatic carbocycles. The van der Waals surface area contributed by atoms with E-state index in [0.29, 0.717) is 0 Å². The van der Waals surface area contributed by atoms with E-state index in [4.69, 9.17) is 0 Å². The largest absolute Gasteiger partial charge is 0.356 e. The van der Waals surface area contributed by atoms with Crippen molar-refractivity contribution in [3.63, 3.8) is 0 Å². The SMILES string of the molecule is Cc1cc(N2CCCC(CNC3CC3)C2)ncc1Br. The van der Waals surface area contributed by atoms with Gasteiger partial charge in [-0.25, -0.2) is 4.98 Å². The van der Waals surface area contributed by atoms with Gasteiger partial charge in [0.15, 0.2) is 0 Å². The number of rotatable bonds is 4. The van der Waals surface area contributed by atoms with Gasteiger partial charge in [0.05, 0.1) is 0 Å². The molecule has 1 N–H and O–H groups in total. The highest BCUT2D eigenvalue weighted by molar-refractivity contribution is 9.10. The molecule has 3 nitrogen and oxygen atoms in total. The zero-order chi connectivity index (χ0) is 13.2. The summed E-state index contributed by atoms with van der Waals surface area (Å²) in [7, 11) is 0. The Bertz CT molecular complexity index is 445. The van der Waals surface area contributed by atoms with Crippen LogP contribution >= 0.6 is 15.9 Å². The van der Waals surface area contributed by atoms with Crippen molar-refractivity contribution in [1.82, 2.24) is 10.3 Å². The van der Waals surface area contributed by atoms with Gasteiger partial charge < -0.3 is 10.2 Å². The summed E-state index contributed by atoms with van der Waals surface area (Å²) in [5.74, 6) is 1.91. The van der Waals surface area contributed by atoms with E-state index >= 15 is 0 Å². The summed E-state index contributed by atoms with van der Waals surface area (Å²) in [6.07, 6.45) is 7.32. The van der Waals surface area contributed by atoms with E-state index < -0.39 is 0 Å². The molecule has 1 atom stereocenters. The highest BCUT2D eigenvalue weighted by Crippen LogP contribution is 2.25. The normalized spacial score (nSPS) is 23.7. The maximum absolute atomic E-state index is 4.56. The van der Waals surface area contributed by atoms with Gasteiger partial charge in [-0.15, -0.1) is 0 Å². The third-order valence-electron chi connectivity index (χ3n) is 4.15. The summed E-state index contributed by atoms with van der Waals surface area (Å²) in [5.41, 5.74) is 1.27. The van der Waals surface area contributed by atoms with Crippen molar-refractivity contribution in [3.8, 4) is 0 Å². The Kier molecular flexibility index (Phi) is 4.08. The third-order valence-corrected chi connectivity index (χ3v) is 4.98. The molecule has 1 unspecified atom stereocenters. The smallest absolute Gasteiger partial charge is 0.128 e. The second-order valence-electron chi connectivity index (χ2n) is 5.93. The van der Waals surface area contributed by atoms with Crippen LogP contribution in [0.3, 0.4) is 0 Å². The summed E-state index contributed by atoms with van der Waals surface area (Å²) in [4.78, 5) is 7.01. The zero-order valence-corrected chi connectivity index (χ0v) is 13.1. The van der Waals surface area contributed by atoms with E-state index in [1.165, 1.54) is 37.8 Å². The second-order valence-corrected chi connectivity index (χ2v) is 6.78. The summed E-state index contributed by atoms with van der Waals surface area (Å²) in [6, 6.07) is 3.02. The van der Waals surface area contributed by atoms with Crippen molar-refractivity contribution in [1.29, 1.82) is 0 Å². The molecule has 1 aromatic heterocycles. The number of aromatic nitrogens is 1. The number of halogens is 1. The highest BCUT2D eigenvalue weighted by atomic mass is 79.9. The van der Waals surface area contributed by atoms with Crippen molar-refractivity contribution in [3.05, 3.63) is 22.3 Å². The number of nitrogens with one attached hydrogen (secondary N) is 1. The van der Waals surface area contributed by atoms with Crippen LogP contribution in [0.15, 0.2) is 16.7 Å². The van der Waals surface area contributed by atoms with Gasteiger partial charge in [0.25, 0.3) is 0 Å². The third kappa shape index (κ3) is 3.48. The van der Waals surface area contributed by atoms with Crippen LogP contribution < -0.4 is 10.2 Å². The Balaban J connectivity index is 1.61. The predicted molar refractivity (Wildman–Crippen MR) is 82.6 cm³/mol. The predicted octanol–water partition coefficient (Wildman–Crippen LogP) is 3.12. The van der Waals surface area contributed by atoms with E-state index in [1.807, 2.05) is 6.20 Å². The van der Waals surface area contributed by atoms with Crippen molar-refractivity contribution in [2.45, 2.75) is 38.6 Å². The minimum Gasteiger partial charge on any atom is -0.356 e. The molecule has 19 heavy (non-hydrogen) atoms. The van der Waals surface area contributed by atoms with Gasteiger partial charge in [-0.05, 0) is 72.6 Å². The maximum Gasteiger partial charge on any atom is 0.128 e. The van der Waals surface area contributed by atoms with Crippen LogP contribution in [0.5, 0.6) is 0 Å². The van der Waals surface area contributed by atoms with Crippen LogP contribution in [0.1, 0.15) is 31.2 Å². The quantitative estimate of drug-likeness (QED) is 0.922. The van der Waals surface area contributed by atoms with E-state index in [9.17, 15) is 0 Å². The van der Waals surface area contributed by atoms with Gasteiger partial charge in [0.1, 0.15) is 5.82 Å². The molecule has 0 amide bonds. The lowest BCUT2D eigenvalue weighted by Crippen LogP contribution is -2.40. The van der Waals surface area contributed by atoms with E-state index in [0.717, 1.165) is 35.3 Å². The molecular formula is C15H22BrN3. The standard InChI is InChI=1S/C15H22BrN3/c1-11-7-15(18-9-14(11)16)19-6-2-3-12(10-19)8-17-13-4-5-13/h7,9,12-13,17H,2-6,8,10H2,1H3. The molecule has 104 valence electrons. The zero-order valence-electron chi connectivity index (χ0n) is 11.5. The number of hydrogen-bond donors (Lipinski definition) is 1. The molecule has 1 saturated carbocycles. The van der Waals surface area contributed by atoms with Crippen molar-refractivity contribution in [2.24, 2.45) is 5.92 Å². The molecule has 1 aliphatic heterocycles. The lowest BCUT2D eigenvalue weighted by atomic mass is 9.98. The first-order valence-corrected chi connectivity index (χ1v) is 8.12. The Morgan fingerprint density at radius 2 is 2.26 bits per heavy atom. The molecule has 0 radical (unpaired) electrons. The molecule has 0 spiro atoms. The number of nitrogens with zero attached hydrogens (tertiary/aromatic N) is 2. The van der Waals surface area contributed by atoms with Gasteiger partial charge >= 0.3 is 0 Å². The number of anilines is 1. The van der Waals surface area contributed by atoms with Crippen molar-refractivity contribution >= 4 is 21.7 Å². The van der Waals surface area contributed by atoms with Crippen LogP contribution in [0.4, 0.5) is 5.82 Å². The molecule has 2 aliphatic rings. The molecule has 4 heteroatoms. The maximum atomic E-state index is 4.56. The van der Waals surface area contributed by atoms with Crippen LogP contribution in [-0.2, 0) is 0 Å². The van der Waals surface area contributed by atoms with Crippen LogP contribution in [0.25, 0.3) is 0 Å². The number of hydrogen-bond acceptors (Lipinski definition) is 3. The summed E-state index contributed by atoms with van der Waals surface area (Å²) in [5, 5.41) is 3.66. The average Bonchev–Trinajstić information content (AvgIpc) is 3.24. The number of aryl methyl sites for hydroxylation is 1. The molecular weight excluding hydrogens is 302 g/mol. The Morgan fingerprint density at radius 1 is 1.42 bits per heavy atom. The van der Waals surface area contributed by atoms with Crippen LogP contribution in [0, 0.1) is 12.8 Å². The topological polar surface area (TPSA) is 28.2 Å². The van der Waals surface area contributed by atoms with E-state index in [2.05, 4.69) is 44.1 Å². The summed E-state index contributed by atoms with van der Waals surface area (Å²) >= 11 is 3.52. The monoisotopic (exact) mass is 323 g/mol. The fourth-order valence-electron chi connectivity index (χ4n) is 2.76. The van der Waals surface area contributed by atoms with Crippen LogP contribution in [0.2, 0.25) is 0 Å². The Hall–Kier alpha value is -0.610. The van der Waals surface area contributed by atoms with Gasteiger partial charge in [-0.2, -0.15) is 0 Å². The first kappa shape index (κ1) is 13.4. The molecule has 2 heterocycles. The average molecular weight is 324 g/mol.